The van der Waals surface area contributed by atoms with E-state index in [1.165, 1.54) is 16.7 Å². The van der Waals surface area contributed by atoms with Gasteiger partial charge in [-0.3, -0.25) is 0 Å². The maximum Gasteiger partial charge on any atom is 0.0406 e. The van der Waals surface area contributed by atoms with Crippen molar-refractivity contribution in [2.75, 3.05) is 6.54 Å². The first-order chi connectivity index (χ1) is 10.2. The summed E-state index contributed by atoms with van der Waals surface area (Å²) < 4.78 is 0. The summed E-state index contributed by atoms with van der Waals surface area (Å²) in [4.78, 5) is 0. The Morgan fingerprint density at radius 2 is 1.57 bits per heavy atom. The van der Waals surface area contributed by atoms with Gasteiger partial charge in [0.25, 0.3) is 0 Å². The molecule has 2 aromatic rings. The smallest absolute Gasteiger partial charge is 0.0406 e. The van der Waals surface area contributed by atoms with E-state index in [9.17, 15) is 0 Å². The minimum Gasteiger partial charge on any atom is -0.391 e. The van der Waals surface area contributed by atoms with E-state index < -0.39 is 0 Å². The number of benzene rings is 2. The summed E-state index contributed by atoms with van der Waals surface area (Å²) >= 11 is 5.92. The number of allylic oxidation sites excluding steroid dienone is 1. The predicted octanol–water partition coefficient (Wildman–Crippen LogP) is 5.62. The van der Waals surface area contributed by atoms with Crippen LogP contribution in [0.4, 0.5) is 0 Å². The summed E-state index contributed by atoms with van der Waals surface area (Å²) in [7, 11) is 0. The topological polar surface area (TPSA) is 12.0 Å². The first-order valence-electron chi connectivity index (χ1n) is 7.46. The van der Waals surface area contributed by atoms with Crippen LogP contribution < -0.4 is 5.32 Å². The quantitative estimate of drug-likeness (QED) is 0.682. The van der Waals surface area contributed by atoms with Gasteiger partial charge in [-0.05, 0) is 41.4 Å². The molecule has 0 bridgehead atoms. The molecule has 0 fully saturated rings. The van der Waals surface area contributed by atoms with E-state index in [1.54, 1.807) is 0 Å². The van der Waals surface area contributed by atoms with Crippen LogP contribution in [0.25, 0.3) is 11.1 Å². The highest BCUT2D eigenvalue weighted by Crippen LogP contribution is 2.24. The van der Waals surface area contributed by atoms with Crippen LogP contribution >= 0.6 is 11.6 Å². The van der Waals surface area contributed by atoms with Gasteiger partial charge < -0.3 is 5.32 Å². The minimum atomic E-state index is 0.411. The molecule has 0 radical (unpaired) electrons. The zero-order valence-corrected chi connectivity index (χ0v) is 13.4. The second kappa shape index (κ2) is 7.90. The molecule has 21 heavy (non-hydrogen) atoms. The SMILES string of the molecule is CCCN/C=C/C(C)c1ccc(-c2ccc(Cl)cc2)cc1. The van der Waals surface area contributed by atoms with E-state index >= 15 is 0 Å². The van der Waals surface area contributed by atoms with Gasteiger partial charge in [-0.2, -0.15) is 0 Å². The third-order valence-corrected chi connectivity index (χ3v) is 3.76. The molecule has 0 aromatic heterocycles. The third-order valence-electron chi connectivity index (χ3n) is 3.51. The van der Waals surface area contributed by atoms with Gasteiger partial charge in [0.05, 0.1) is 0 Å². The normalized spacial score (nSPS) is 12.5. The Morgan fingerprint density at radius 3 is 2.14 bits per heavy atom. The third kappa shape index (κ3) is 4.64. The molecule has 1 nitrogen and oxygen atoms in total. The fraction of sp³-hybridized carbons (Fsp3) is 0.263. The van der Waals surface area contributed by atoms with Crippen molar-refractivity contribution < 1.29 is 0 Å². The van der Waals surface area contributed by atoms with Gasteiger partial charge in [0, 0.05) is 17.5 Å². The van der Waals surface area contributed by atoms with Gasteiger partial charge in [-0.1, -0.05) is 67.9 Å². The summed E-state index contributed by atoms with van der Waals surface area (Å²) in [5, 5.41) is 4.06. The lowest BCUT2D eigenvalue weighted by atomic mass is 9.97. The molecular weight excluding hydrogens is 278 g/mol. The lowest BCUT2D eigenvalue weighted by molar-refractivity contribution is 0.800. The molecule has 0 amide bonds. The van der Waals surface area contributed by atoms with Crippen molar-refractivity contribution in [3.8, 4) is 11.1 Å². The lowest BCUT2D eigenvalue weighted by Gasteiger charge is -2.09. The molecule has 2 aromatic carbocycles. The zero-order chi connectivity index (χ0) is 15.1. The van der Waals surface area contributed by atoms with Crippen LogP contribution in [0.15, 0.2) is 60.8 Å². The van der Waals surface area contributed by atoms with E-state index in [0.717, 1.165) is 18.0 Å². The second-order valence-corrected chi connectivity index (χ2v) is 5.67. The summed E-state index contributed by atoms with van der Waals surface area (Å²) in [6.45, 7) is 5.40. The Bertz CT molecular complexity index is 570. The van der Waals surface area contributed by atoms with Crippen LogP contribution in [0.1, 0.15) is 31.7 Å². The van der Waals surface area contributed by atoms with Crippen LogP contribution in [0.2, 0.25) is 5.02 Å². The molecule has 0 aliphatic heterocycles. The molecule has 110 valence electrons. The van der Waals surface area contributed by atoms with Crippen molar-refractivity contribution in [3.05, 3.63) is 71.4 Å². The number of halogens is 1. The highest BCUT2D eigenvalue weighted by Gasteiger charge is 2.02. The average molecular weight is 300 g/mol. The van der Waals surface area contributed by atoms with Gasteiger partial charge in [0.15, 0.2) is 0 Å². The van der Waals surface area contributed by atoms with Gasteiger partial charge >= 0.3 is 0 Å². The first kappa shape index (κ1) is 15.7. The molecule has 1 atom stereocenters. The maximum atomic E-state index is 5.92. The van der Waals surface area contributed by atoms with Gasteiger partial charge in [-0.25, -0.2) is 0 Å². The minimum absolute atomic E-state index is 0.411. The summed E-state index contributed by atoms with van der Waals surface area (Å²) in [5.41, 5.74) is 3.73. The Kier molecular flexibility index (Phi) is 5.89. The standard InChI is InChI=1S/C19H22ClN/c1-3-13-21-14-12-15(2)16-4-6-17(7-5-16)18-8-10-19(20)11-9-18/h4-12,14-15,21H,3,13H2,1-2H3/b14-12+. The fourth-order valence-electron chi connectivity index (χ4n) is 2.17. The van der Waals surface area contributed by atoms with Crippen LogP contribution in [-0.4, -0.2) is 6.54 Å². The molecular formula is C19H22ClN. The van der Waals surface area contributed by atoms with Crippen molar-refractivity contribution in [3.63, 3.8) is 0 Å². The molecule has 2 heteroatoms. The zero-order valence-electron chi connectivity index (χ0n) is 12.6. The number of hydrogen-bond donors (Lipinski definition) is 1. The molecule has 0 aliphatic rings. The van der Waals surface area contributed by atoms with Gasteiger partial charge in [0.1, 0.15) is 0 Å². The van der Waals surface area contributed by atoms with Crippen LogP contribution in [0.3, 0.4) is 0 Å². The first-order valence-corrected chi connectivity index (χ1v) is 7.84. The summed E-state index contributed by atoms with van der Waals surface area (Å²) in [6.07, 6.45) is 5.41. The lowest BCUT2D eigenvalue weighted by Crippen LogP contribution is -2.05. The molecule has 0 saturated heterocycles. The summed E-state index contributed by atoms with van der Waals surface area (Å²) in [5.74, 6) is 0.411. The summed E-state index contributed by atoms with van der Waals surface area (Å²) in [6, 6.07) is 16.7. The van der Waals surface area contributed by atoms with Crippen LogP contribution in [0, 0.1) is 0 Å². The number of nitrogens with one attached hydrogen (secondary N) is 1. The molecule has 0 aliphatic carbocycles. The Morgan fingerprint density at radius 1 is 1.00 bits per heavy atom. The van der Waals surface area contributed by atoms with Crippen LogP contribution in [-0.2, 0) is 0 Å². The van der Waals surface area contributed by atoms with Gasteiger partial charge in [0.2, 0.25) is 0 Å². The van der Waals surface area contributed by atoms with E-state index in [4.69, 9.17) is 11.6 Å². The molecule has 1 N–H and O–H groups in total. The van der Waals surface area contributed by atoms with E-state index in [1.807, 2.05) is 12.1 Å². The fourth-order valence-corrected chi connectivity index (χ4v) is 2.30. The van der Waals surface area contributed by atoms with Crippen molar-refractivity contribution in [2.45, 2.75) is 26.2 Å². The molecule has 1 unspecified atom stereocenters. The van der Waals surface area contributed by atoms with E-state index in [2.05, 4.69) is 67.8 Å². The largest absolute Gasteiger partial charge is 0.391 e. The molecule has 2 rings (SSSR count). The van der Waals surface area contributed by atoms with Crippen molar-refractivity contribution >= 4 is 11.6 Å². The Balaban J connectivity index is 2.04. The second-order valence-electron chi connectivity index (χ2n) is 5.23. The van der Waals surface area contributed by atoms with E-state index in [-0.39, 0.29) is 0 Å². The maximum absolute atomic E-state index is 5.92. The Labute approximate surface area is 132 Å². The number of hydrogen-bond acceptors (Lipinski definition) is 1. The van der Waals surface area contributed by atoms with Crippen molar-refractivity contribution in [1.82, 2.24) is 5.32 Å². The average Bonchev–Trinajstić information content (AvgIpc) is 2.52. The molecule has 0 spiro atoms. The molecule has 0 saturated carbocycles. The monoisotopic (exact) mass is 299 g/mol. The van der Waals surface area contributed by atoms with Gasteiger partial charge in [-0.15, -0.1) is 0 Å². The van der Waals surface area contributed by atoms with E-state index in [0.29, 0.717) is 5.92 Å². The molecule has 0 heterocycles. The Hall–Kier alpha value is -1.73. The van der Waals surface area contributed by atoms with Crippen LogP contribution in [0.5, 0.6) is 0 Å². The van der Waals surface area contributed by atoms with Crippen molar-refractivity contribution in [2.24, 2.45) is 0 Å². The highest BCUT2D eigenvalue weighted by atomic mass is 35.5. The van der Waals surface area contributed by atoms with Crippen molar-refractivity contribution in [1.29, 1.82) is 0 Å². The highest BCUT2D eigenvalue weighted by molar-refractivity contribution is 6.30. The number of rotatable bonds is 6. The predicted molar refractivity (Wildman–Crippen MR) is 92.7 cm³/mol.